The summed E-state index contributed by atoms with van der Waals surface area (Å²) in [5, 5.41) is 2.56. The Bertz CT molecular complexity index is 877. The van der Waals surface area contributed by atoms with Crippen LogP contribution in [0.25, 0.3) is 0 Å². The van der Waals surface area contributed by atoms with E-state index in [0.717, 1.165) is 22.0 Å². The Kier molecular flexibility index (Phi) is 5.72. The average molecular weight is 386 g/mol. The number of aryl methyl sites for hydroxylation is 1. The molecule has 5 nitrogen and oxygen atoms in total. The van der Waals surface area contributed by atoms with Gasteiger partial charge in [-0.15, -0.1) is 0 Å². The van der Waals surface area contributed by atoms with Crippen LogP contribution >= 0.6 is 0 Å². The number of nitrogens with zero attached hydrogens (tertiary/aromatic N) is 1. The van der Waals surface area contributed by atoms with Crippen LogP contribution in [0.1, 0.15) is 11.1 Å². The van der Waals surface area contributed by atoms with Crippen LogP contribution in [0.3, 0.4) is 0 Å². The van der Waals surface area contributed by atoms with Crippen molar-refractivity contribution < 1.29 is 26.4 Å². The van der Waals surface area contributed by atoms with Gasteiger partial charge in [0.2, 0.25) is 15.9 Å². The molecule has 0 bridgehead atoms. The van der Waals surface area contributed by atoms with E-state index in [0.29, 0.717) is 17.8 Å². The predicted octanol–water partition coefficient (Wildman–Crippen LogP) is 3.27. The van der Waals surface area contributed by atoms with Crippen LogP contribution in [0.15, 0.2) is 53.4 Å². The average Bonchev–Trinajstić information content (AvgIpc) is 2.56. The minimum Gasteiger partial charge on any atom is -0.325 e. The van der Waals surface area contributed by atoms with E-state index in [2.05, 4.69) is 5.32 Å². The van der Waals surface area contributed by atoms with Gasteiger partial charge in [-0.3, -0.25) is 4.79 Å². The van der Waals surface area contributed by atoms with Crippen LogP contribution in [-0.2, 0) is 21.0 Å². The van der Waals surface area contributed by atoms with Crippen LogP contribution in [0.2, 0.25) is 0 Å². The lowest BCUT2D eigenvalue weighted by Gasteiger charge is -2.17. The van der Waals surface area contributed by atoms with Crippen molar-refractivity contribution >= 4 is 21.6 Å². The van der Waals surface area contributed by atoms with Gasteiger partial charge < -0.3 is 5.32 Å². The van der Waals surface area contributed by atoms with Gasteiger partial charge in [-0.2, -0.15) is 17.5 Å². The molecule has 140 valence electrons. The van der Waals surface area contributed by atoms with Crippen molar-refractivity contribution in [3.8, 4) is 0 Å². The van der Waals surface area contributed by atoms with Crippen molar-refractivity contribution in [1.82, 2.24) is 4.31 Å². The van der Waals surface area contributed by atoms with Crippen molar-refractivity contribution in [1.29, 1.82) is 0 Å². The predicted molar refractivity (Wildman–Crippen MR) is 91.1 cm³/mol. The molecular formula is C17H17F3N2O3S. The van der Waals surface area contributed by atoms with Crippen molar-refractivity contribution in [2.24, 2.45) is 0 Å². The molecule has 0 aliphatic carbocycles. The topological polar surface area (TPSA) is 66.5 Å². The van der Waals surface area contributed by atoms with Gasteiger partial charge >= 0.3 is 6.18 Å². The third kappa shape index (κ3) is 4.83. The minimum absolute atomic E-state index is 0.323. The lowest BCUT2D eigenvalue weighted by atomic mass is 10.2. The number of sulfonamides is 1. The number of alkyl halides is 3. The van der Waals surface area contributed by atoms with E-state index in [1.807, 2.05) is 6.92 Å². The number of carbonyl (C=O) groups excluding carboxylic acids is 1. The summed E-state index contributed by atoms with van der Waals surface area (Å²) in [7, 11) is -2.91. The molecule has 26 heavy (non-hydrogen) atoms. The quantitative estimate of drug-likeness (QED) is 0.858. The first kappa shape index (κ1) is 19.9. The molecule has 0 unspecified atom stereocenters. The maximum atomic E-state index is 12.6. The van der Waals surface area contributed by atoms with Gasteiger partial charge in [-0.25, -0.2) is 8.42 Å². The van der Waals surface area contributed by atoms with E-state index in [1.165, 1.54) is 7.05 Å². The molecule has 0 aliphatic heterocycles. The molecule has 0 spiro atoms. The third-order valence-corrected chi connectivity index (χ3v) is 5.41. The molecule has 0 heterocycles. The molecule has 0 atom stereocenters. The van der Waals surface area contributed by atoms with E-state index in [4.69, 9.17) is 0 Å². The van der Waals surface area contributed by atoms with Gasteiger partial charge in [-0.1, -0.05) is 17.7 Å². The highest BCUT2D eigenvalue weighted by molar-refractivity contribution is 7.89. The molecule has 0 saturated carbocycles. The summed E-state index contributed by atoms with van der Waals surface area (Å²) >= 11 is 0. The van der Waals surface area contributed by atoms with Crippen molar-refractivity contribution in [3.63, 3.8) is 0 Å². The zero-order valence-corrected chi connectivity index (χ0v) is 14.9. The zero-order chi connectivity index (χ0) is 19.5. The van der Waals surface area contributed by atoms with Gasteiger partial charge in [0.05, 0.1) is 17.0 Å². The number of hydrogen-bond donors (Lipinski definition) is 1. The molecule has 2 rings (SSSR count). The highest BCUT2D eigenvalue weighted by Crippen LogP contribution is 2.30. The van der Waals surface area contributed by atoms with Crippen LogP contribution in [0, 0.1) is 6.92 Å². The fraction of sp³-hybridized carbons (Fsp3) is 0.235. The number of rotatable bonds is 5. The largest absolute Gasteiger partial charge is 0.416 e. The standard InChI is InChI=1S/C17H17F3N2O3S/c1-12-3-7-14(8-4-12)21-16(23)11-22(2)26(24,25)15-9-5-13(6-10-15)17(18,19)20/h3-10H,11H2,1-2H3,(H,21,23). The summed E-state index contributed by atoms with van der Waals surface area (Å²) in [5.74, 6) is -0.563. The Morgan fingerprint density at radius 3 is 2.08 bits per heavy atom. The normalized spacial score (nSPS) is 12.2. The van der Waals surface area contributed by atoms with Crippen molar-refractivity contribution in [2.45, 2.75) is 18.0 Å². The highest BCUT2D eigenvalue weighted by Gasteiger charge is 2.31. The number of likely N-dealkylation sites (N-methyl/N-ethyl adjacent to an activating group) is 1. The van der Waals surface area contributed by atoms with E-state index in [9.17, 15) is 26.4 Å². The van der Waals surface area contributed by atoms with Crippen LogP contribution in [0.4, 0.5) is 18.9 Å². The summed E-state index contributed by atoms with van der Waals surface area (Å²) in [5.41, 5.74) is 0.571. The monoisotopic (exact) mass is 386 g/mol. The van der Waals surface area contributed by atoms with Crippen LogP contribution in [0.5, 0.6) is 0 Å². The van der Waals surface area contributed by atoms with Crippen molar-refractivity contribution in [3.05, 3.63) is 59.7 Å². The fourth-order valence-corrected chi connectivity index (χ4v) is 3.25. The molecule has 0 radical (unpaired) electrons. The number of amides is 1. The minimum atomic E-state index is -4.55. The second-order valence-electron chi connectivity index (χ2n) is 5.70. The first-order valence-electron chi connectivity index (χ1n) is 7.50. The molecule has 0 aromatic heterocycles. The smallest absolute Gasteiger partial charge is 0.325 e. The molecular weight excluding hydrogens is 369 g/mol. The second-order valence-corrected chi connectivity index (χ2v) is 7.74. The molecule has 1 N–H and O–H groups in total. The van der Waals surface area contributed by atoms with Crippen LogP contribution in [-0.4, -0.2) is 32.2 Å². The first-order valence-corrected chi connectivity index (χ1v) is 8.94. The summed E-state index contributed by atoms with van der Waals surface area (Å²) in [6.07, 6.45) is -4.55. The number of halogens is 3. The number of carbonyl (C=O) groups is 1. The second kappa shape index (κ2) is 7.46. The summed E-state index contributed by atoms with van der Waals surface area (Å²) in [4.78, 5) is 11.7. The van der Waals surface area contributed by atoms with Gasteiger partial charge in [0.25, 0.3) is 0 Å². The highest BCUT2D eigenvalue weighted by atomic mass is 32.2. The number of anilines is 1. The van der Waals surface area contributed by atoms with E-state index < -0.39 is 34.2 Å². The van der Waals surface area contributed by atoms with Crippen LogP contribution < -0.4 is 5.32 Å². The Balaban J connectivity index is 2.08. The Labute approximate surface area is 149 Å². The van der Waals surface area contributed by atoms with Gasteiger partial charge in [0.15, 0.2) is 0 Å². The number of nitrogens with one attached hydrogen (secondary N) is 1. The lowest BCUT2D eigenvalue weighted by Crippen LogP contribution is -2.35. The first-order chi connectivity index (χ1) is 12.0. The van der Waals surface area contributed by atoms with Gasteiger partial charge in [0.1, 0.15) is 0 Å². The Morgan fingerprint density at radius 1 is 1.04 bits per heavy atom. The molecule has 0 saturated heterocycles. The molecule has 9 heteroatoms. The molecule has 0 aliphatic rings. The van der Waals surface area contributed by atoms with E-state index in [1.54, 1.807) is 24.3 Å². The van der Waals surface area contributed by atoms with Gasteiger partial charge in [-0.05, 0) is 43.3 Å². The van der Waals surface area contributed by atoms with Gasteiger partial charge in [0, 0.05) is 12.7 Å². The number of hydrogen-bond acceptors (Lipinski definition) is 3. The van der Waals surface area contributed by atoms with E-state index >= 15 is 0 Å². The zero-order valence-electron chi connectivity index (χ0n) is 14.0. The molecule has 2 aromatic carbocycles. The van der Waals surface area contributed by atoms with Crippen molar-refractivity contribution in [2.75, 3.05) is 18.9 Å². The summed E-state index contributed by atoms with van der Waals surface area (Å²) in [6, 6.07) is 10.0. The lowest BCUT2D eigenvalue weighted by molar-refractivity contribution is -0.137. The summed E-state index contributed by atoms with van der Waals surface area (Å²) in [6.45, 7) is 1.41. The maximum Gasteiger partial charge on any atom is 0.416 e. The Morgan fingerprint density at radius 2 is 1.58 bits per heavy atom. The SMILES string of the molecule is Cc1ccc(NC(=O)CN(C)S(=O)(=O)c2ccc(C(F)(F)F)cc2)cc1. The summed E-state index contributed by atoms with van der Waals surface area (Å²) < 4.78 is 63.3. The molecule has 0 fully saturated rings. The third-order valence-electron chi connectivity index (χ3n) is 3.59. The number of benzene rings is 2. The maximum absolute atomic E-state index is 12.6. The molecule has 1 amide bonds. The van der Waals surface area contributed by atoms with E-state index in [-0.39, 0.29) is 4.90 Å². The Hall–Kier alpha value is -2.39. The fourth-order valence-electron chi connectivity index (χ4n) is 2.12. The molecule has 2 aromatic rings.